The number of H-pyrrole nitrogens is 1. The summed E-state index contributed by atoms with van der Waals surface area (Å²) in [7, 11) is -1.41. The first-order valence-corrected chi connectivity index (χ1v) is 13.4. The van der Waals surface area contributed by atoms with Crippen molar-refractivity contribution >= 4 is 40.9 Å². The van der Waals surface area contributed by atoms with E-state index in [9.17, 15) is 17.7 Å². The second kappa shape index (κ2) is 8.89. The Bertz CT molecular complexity index is 1390. The number of aromatic nitrogens is 3. The summed E-state index contributed by atoms with van der Waals surface area (Å²) in [5, 5.41) is 6.48. The zero-order valence-electron chi connectivity index (χ0n) is 19.9. The van der Waals surface area contributed by atoms with Crippen LogP contribution < -0.4 is 20.7 Å². The van der Waals surface area contributed by atoms with Crippen molar-refractivity contribution in [3.8, 4) is 5.75 Å². The fraction of sp³-hybridized carbons (Fsp3) is 0.333. The largest absolute Gasteiger partial charge is 0.495 e. The van der Waals surface area contributed by atoms with Gasteiger partial charge in [-0.05, 0) is 56.5 Å². The van der Waals surface area contributed by atoms with Crippen molar-refractivity contribution in [2.24, 2.45) is 0 Å². The van der Waals surface area contributed by atoms with Gasteiger partial charge in [-0.1, -0.05) is 0 Å². The number of hydrogen-bond acceptors (Lipinski definition) is 7. The summed E-state index contributed by atoms with van der Waals surface area (Å²) >= 11 is 0. The van der Waals surface area contributed by atoms with Crippen molar-refractivity contribution in [2.75, 3.05) is 17.7 Å². The standard InChI is InChI=1S/C24H26F3N6O2P/c1-14(2)29-22-20-17(24(25,26)27)13-28-21(20)31-23(32-22)30-18-7-6-16(12-19(18)35-3)36(34)10-8-33(9-11-36)15-4-5-15/h6-15H,4-5H2,1-3H3,(H3,28,29,30,31,32). The first kappa shape index (κ1) is 24.2. The number of methoxy groups -OCH3 is 1. The molecule has 1 aliphatic carbocycles. The van der Waals surface area contributed by atoms with Gasteiger partial charge in [0, 0.05) is 36.0 Å². The molecule has 2 aromatic heterocycles. The van der Waals surface area contributed by atoms with E-state index in [4.69, 9.17) is 4.74 Å². The zero-order chi connectivity index (χ0) is 25.7. The fourth-order valence-corrected chi connectivity index (χ4v) is 5.83. The number of anilines is 3. The third kappa shape index (κ3) is 4.67. The lowest BCUT2D eigenvalue weighted by Crippen LogP contribution is -2.15. The van der Waals surface area contributed by atoms with Gasteiger partial charge >= 0.3 is 6.18 Å². The van der Waals surface area contributed by atoms with Gasteiger partial charge in [0.25, 0.3) is 0 Å². The van der Waals surface area contributed by atoms with Crippen LogP contribution in [-0.2, 0) is 10.7 Å². The van der Waals surface area contributed by atoms with Crippen molar-refractivity contribution in [3.63, 3.8) is 0 Å². The molecule has 3 aromatic rings. The minimum Gasteiger partial charge on any atom is -0.495 e. The van der Waals surface area contributed by atoms with E-state index in [2.05, 4.69) is 30.5 Å². The lowest BCUT2D eigenvalue weighted by atomic mass is 10.2. The molecular formula is C24H26F3N6O2P. The highest BCUT2D eigenvalue weighted by Crippen LogP contribution is 2.51. The summed E-state index contributed by atoms with van der Waals surface area (Å²) in [6.45, 7) is 3.62. The maximum Gasteiger partial charge on any atom is 0.418 e. The van der Waals surface area contributed by atoms with Crippen LogP contribution in [0.25, 0.3) is 11.0 Å². The SMILES string of the molecule is COc1cc(P2(=O)C=CN(C3CC3)C=C2)ccc1Nc1nc(NC(C)C)c2c(C(F)(F)F)c[nH]c2n1. The minimum atomic E-state index is -4.56. The first-order chi connectivity index (χ1) is 17.1. The van der Waals surface area contributed by atoms with E-state index < -0.39 is 18.9 Å². The predicted molar refractivity (Wildman–Crippen MR) is 134 cm³/mol. The summed E-state index contributed by atoms with van der Waals surface area (Å²) in [6.07, 6.45) is 2.34. The monoisotopic (exact) mass is 518 g/mol. The van der Waals surface area contributed by atoms with Gasteiger partial charge in [-0.15, -0.1) is 0 Å². The van der Waals surface area contributed by atoms with E-state index in [0.29, 0.717) is 22.8 Å². The van der Waals surface area contributed by atoms with Gasteiger partial charge in [-0.25, -0.2) is 0 Å². The van der Waals surface area contributed by atoms with Crippen molar-refractivity contribution in [3.05, 3.63) is 54.0 Å². The minimum absolute atomic E-state index is 0.0423. The maximum atomic E-state index is 13.5. The lowest BCUT2D eigenvalue weighted by molar-refractivity contribution is -0.136. The molecule has 8 nitrogen and oxygen atoms in total. The number of alkyl halides is 3. The van der Waals surface area contributed by atoms with E-state index in [1.54, 1.807) is 29.8 Å². The molecule has 3 heterocycles. The predicted octanol–water partition coefficient (Wildman–Crippen LogP) is 5.96. The number of aromatic amines is 1. The van der Waals surface area contributed by atoms with Crippen molar-refractivity contribution in [2.45, 2.75) is 44.9 Å². The number of nitrogens with one attached hydrogen (secondary N) is 3. The van der Waals surface area contributed by atoms with Gasteiger partial charge in [0.15, 0.2) is 7.14 Å². The molecule has 1 fully saturated rings. The number of benzene rings is 1. The Balaban J connectivity index is 1.47. The highest BCUT2D eigenvalue weighted by molar-refractivity contribution is 7.77. The van der Waals surface area contributed by atoms with Gasteiger partial charge in [0.1, 0.15) is 17.2 Å². The fourth-order valence-electron chi connectivity index (χ4n) is 4.05. The summed E-state index contributed by atoms with van der Waals surface area (Å²) < 4.78 is 59.6. The summed E-state index contributed by atoms with van der Waals surface area (Å²) in [6, 6.07) is 5.45. The molecule has 0 radical (unpaired) electrons. The Morgan fingerprint density at radius 1 is 1.19 bits per heavy atom. The Morgan fingerprint density at radius 2 is 1.92 bits per heavy atom. The van der Waals surface area contributed by atoms with Crippen LogP contribution in [0.4, 0.5) is 30.6 Å². The van der Waals surface area contributed by atoms with Gasteiger partial charge in [0.05, 0.1) is 23.7 Å². The molecule has 2 aliphatic rings. The molecule has 5 rings (SSSR count). The van der Waals surface area contributed by atoms with Crippen LogP contribution in [0.1, 0.15) is 32.3 Å². The maximum absolute atomic E-state index is 13.5. The van der Waals surface area contributed by atoms with Crippen LogP contribution in [-0.4, -0.2) is 39.0 Å². The van der Waals surface area contributed by atoms with Crippen LogP contribution in [0.15, 0.2) is 48.4 Å². The molecule has 1 saturated carbocycles. The van der Waals surface area contributed by atoms with Crippen LogP contribution in [0.2, 0.25) is 0 Å². The average Bonchev–Trinajstić information content (AvgIpc) is 3.56. The molecule has 0 unspecified atom stereocenters. The highest BCUT2D eigenvalue weighted by atomic mass is 31.2. The molecule has 0 bridgehead atoms. The second-order valence-corrected chi connectivity index (χ2v) is 11.6. The van der Waals surface area contributed by atoms with E-state index >= 15 is 0 Å². The van der Waals surface area contributed by atoms with Gasteiger partial charge in [-0.2, -0.15) is 23.1 Å². The number of ether oxygens (including phenoxy) is 1. The van der Waals surface area contributed by atoms with E-state index in [1.807, 2.05) is 26.2 Å². The molecule has 12 heteroatoms. The molecule has 190 valence electrons. The van der Waals surface area contributed by atoms with Crippen molar-refractivity contribution < 1.29 is 22.5 Å². The topological polar surface area (TPSA) is 95.2 Å². The van der Waals surface area contributed by atoms with Gasteiger partial charge in [0.2, 0.25) is 5.95 Å². The van der Waals surface area contributed by atoms with Crippen LogP contribution in [0, 0.1) is 0 Å². The molecule has 36 heavy (non-hydrogen) atoms. The Labute approximate surface area is 206 Å². The highest BCUT2D eigenvalue weighted by Gasteiger charge is 2.36. The lowest BCUT2D eigenvalue weighted by Gasteiger charge is -2.22. The first-order valence-electron chi connectivity index (χ1n) is 11.5. The molecule has 3 N–H and O–H groups in total. The van der Waals surface area contributed by atoms with Gasteiger partial charge < -0.3 is 29.8 Å². The second-order valence-electron chi connectivity index (χ2n) is 9.11. The van der Waals surface area contributed by atoms with Crippen LogP contribution in [0.3, 0.4) is 0 Å². The summed E-state index contributed by atoms with van der Waals surface area (Å²) in [4.78, 5) is 13.2. The number of fused-ring (bicyclic) bond motifs is 1. The molecule has 0 amide bonds. The molecule has 0 atom stereocenters. The summed E-state index contributed by atoms with van der Waals surface area (Å²) in [5.74, 6) is 4.01. The molecule has 0 spiro atoms. The Morgan fingerprint density at radius 3 is 2.53 bits per heavy atom. The zero-order valence-corrected chi connectivity index (χ0v) is 20.8. The Hall–Kier alpha value is -3.46. The number of nitrogens with zero attached hydrogens (tertiary/aromatic N) is 3. The van der Waals surface area contributed by atoms with Crippen LogP contribution >= 0.6 is 7.14 Å². The number of hydrogen-bond donors (Lipinski definition) is 3. The van der Waals surface area contributed by atoms with Gasteiger partial charge in [-0.3, -0.25) is 0 Å². The van der Waals surface area contributed by atoms with Crippen LogP contribution in [0.5, 0.6) is 5.75 Å². The van der Waals surface area contributed by atoms with Crippen molar-refractivity contribution in [1.29, 1.82) is 0 Å². The Kier molecular flexibility index (Phi) is 5.98. The third-order valence-electron chi connectivity index (χ3n) is 5.99. The van der Waals surface area contributed by atoms with E-state index in [1.165, 1.54) is 7.11 Å². The molecular weight excluding hydrogens is 492 g/mol. The van der Waals surface area contributed by atoms with E-state index in [0.717, 1.165) is 19.0 Å². The smallest absolute Gasteiger partial charge is 0.418 e. The molecule has 1 aliphatic heterocycles. The third-order valence-corrected chi connectivity index (χ3v) is 8.22. The molecule has 1 aromatic carbocycles. The number of halogens is 3. The normalized spacial score (nSPS) is 17.1. The molecule has 0 saturated heterocycles. The average molecular weight is 518 g/mol. The quantitative estimate of drug-likeness (QED) is 0.332. The number of rotatable bonds is 7. The van der Waals surface area contributed by atoms with Crippen molar-refractivity contribution in [1.82, 2.24) is 19.9 Å². The summed E-state index contributed by atoms with van der Waals surface area (Å²) in [5.41, 5.74) is -0.316. The van der Waals surface area contributed by atoms with E-state index in [-0.39, 0.29) is 28.8 Å².